The fourth-order valence-electron chi connectivity index (χ4n) is 1.46. The summed E-state index contributed by atoms with van der Waals surface area (Å²) in [5.74, 6) is -0.782. The van der Waals surface area contributed by atoms with Gasteiger partial charge in [-0.05, 0) is 24.3 Å². The minimum atomic E-state index is -3.95. The summed E-state index contributed by atoms with van der Waals surface area (Å²) in [4.78, 5) is 11.5. The lowest BCUT2D eigenvalue weighted by Gasteiger charge is -2.07. The quantitative estimate of drug-likeness (QED) is 0.809. The molecule has 0 bridgehead atoms. The third kappa shape index (κ3) is 2.99. The molecule has 0 saturated carbocycles. The summed E-state index contributed by atoms with van der Waals surface area (Å²) >= 11 is 3.25. The summed E-state index contributed by atoms with van der Waals surface area (Å²) in [6.07, 6.45) is 1.10. The maximum atomic E-state index is 12.2. The molecule has 9 heteroatoms. The van der Waals surface area contributed by atoms with Crippen LogP contribution in [0.5, 0.6) is 0 Å². The van der Waals surface area contributed by atoms with E-state index in [0.29, 0.717) is 5.69 Å². The van der Waals surface area contributed by atoms with Gasteiger partial charge in [0.2, 0.25) is 0 Å². The van der Waals surface area contributed by atoms with E-state index in [1.165, 1.54) is 0 Å². The molecule has 0 aliphatic carbocycles. The molecule has 1 aromatic carbocycles. The van der Waals surface area contributed by atoms with Gasteiger partial charge in [0.25, 0.3) is 10.0 Å². The van der Waals surface area contributed by atoms with Crippen molar-refractivity contribution in [2.45, 2.75) is 5.03 Å². The maximum Gasteiger partial charge on any atom is 0.342 e. The minimum absolute atomic E-state index is 0.155. The first-order valence-corrected chi connectivity index (χ1v) is 7.62. The van der Waals surface area contributed by atoms with E-state index in [1.54, 1.807) is 24.3 Å². The monoisotopic (exact) mass is 359 g/mol. The van der Waals surface area contributed by atoms with Gasteiger partial charge < -0.3 is 4.74 Å². The van der Waals surface area contributed by atoms with Crippen LogP contribution >= 0.6 is 15.9 Å². The van der Waals surface area contributed by atoms with Crippen molar-refractivity contribution >= 4 is 37.6 Å². The van der Waals surface area contributed by atoms with Gasteiger partial charge in [0.15, 0.2) is 5.03 Å². The van der Waals surface area contributed by atoms with E-state index < -0.39 is 16.0 Å². The number of benzene rings is 1. The van der Waals surface area contributed by atoms with Crippen molar-refractivity contribution in [1.82, 2.24) is 10.2 Å². The summed E-state index contributed by atoms with van der Waals surface area (Å²) in [5, 5.41) is 5.50. The summed E-state index contributed by atoms with van der Waals surface area (Å²) in [7, 11) is -2.79. The lowest BCUT2D eigenvalue weighted by Crippen LogP contribution is -2.17. The minimum Gasteiger partial charge on any atom is -0.465 e. The SMILES string of the molecule is COC(=O)c1cn[nH]c1S(=O)(=O)Nc1ccc(Br)cc1. The zero-order chi connectivity index (χ0) is 14.8. The zero-order valence-electron chi connectivity index (χ0n) is 10.3. The summed E-state index contributed by atoms with van der Waals surface area (Å²) in [5.41, 5.74) is 0.204. The molecule has 0 atom stereocenters. The van der Waals surface area contributed by atoms with Gasteiger partial charge in [-0.25, -0.2) is 4.79 Å². The Kier molecular flexibility index (Phi) is 4.09. The molecule has 0 amide bonds. The van der Waals surface area contributed by atoms with Crippen LogP contribution in [-0.2, 0) is 14.8 Å². The fourth-order valence-corrected chi connectivity index (χ4v) is 2.87. The van der Waals surface area contributed by atoms with E-state index in [4.69, 9.17) is 0 Å². The number of methoxy groups -OCH3 is 1. The molecule has 0 unspecified atom stereocenters. The number of rotatable bonds is 4. The number of hydrogen-bond acceptors (Lipinski definition) is 5. The van der Waals surface area contributed by atoms with Gasteiger partial charge >= 0.3 is 5.97 Å². The summed E-state index contributed by atoms with van der Waals surface area (Å²) in [6, 6.07) is 6.53. The van der Waals surface area contributed by atoms with Crippen LogP contribution in [0.15, 0.2) is 40.0 Å². The number of anilines is 1. The maximum absolute atomic E-state index is 12.2. The second-order valence-electron chi connectivity index (χ2n) is 3.72. The predicted octanol–water partition coefficient (Wildman–Crippen LogP) is 1.76. The van der Waals surface area contributed by atoms with E-state index in [9.17, 15) is 13.2 Å². The lowest BCUT2D eigenvalue weighted by molar-refractivity contribution is 0.0596. The largest absolute Gasteiger partial charge is 0.465 e. The molecule has 2 N–H and O–H groups in total. The Labute approximate surface area is 123 Å². The number of aromatic amines is 1. The molecule has 0 saturated heterocycles. The van der Waals surface area contributed by atoms with Crippen molar-refractivity contribution in [1.29, 1.82) is 0 Å². The first kappa shape index (κ1) is 14.5. The molecule has 2 aromatic rings. The molecular formula is C11H10BrN3O4S. The Balaban J connectivity index is 2.34. The fraction of sp³-hybridized carbons (Fsp3) is 0.0909. The van der Waals surface area contributed by atoms with Crippen LogP contribution in [-0.4, -0.2) is 31.7 Å². The molecular weight excluding hydrogens is 350 g/mol. The summed E-state index contributed by atoms with van der Waals surface area (Å²) in [6.45, 7) is 0. The number of halogens is 1. The number of sulfonamides is 1. The average molecular weight is 360 g/mol. The van der Waals surface area contributed by atoms with E-state index in [1.807, 2.05) is 0 Å². The van der Waals surface area contributed by atoms with Crippen LogP contribution < -0.4 is 4.72 Å². The molecule has 106 valence electrons. The van der Waals surface area contributed by atoms with E-state index in [2.05, 4.69) is 35.6 Å². The smallest absolute Gasteiger partial charge is 0.342 e. The lowest BCUT2D eigenvalue weighted by atomic mass is 10.3. The third-order valence-electron chi connectivity index (χ3n) is 2.37. The average Bonchev–Trinajstić information content (AvgIpc) is 2.90. The second-order valence-corrected chi connectivity index (χ2v) is 6.25. The molecule has 0 fully saturated rings. The number of ether oxygens (including phenoxy) is 1. The van der Waals surface area contributed by atoms with Crippen LogP contribution in [0.3, 0.4) is 0 Å². The number of carbonyl (C=O) groups excluding carboxylic acids is 1. The van der Waals surface area contributed by atoms with E-state index in [-0.39, 0.29) is 10.6 Å². The van der Waals surface area contributed by atoms with E-state index >= 15 is 0 Å². The highest BCUT2D eigenvalue weighted by atomic mass is 79.9. The number of aromatic nitrogens is 2. The molecule has 2 rings (SSSR count). The molecule has 0 radical (unpaired) electrons. The topological polar surface area (TPSA) is 101 Å². The Bertz CT molecular complexity index is 724. The van der Waals surface area contributed by atoms with Crippen molar-refractivity contribution in [3.05, 3.63) is 40.5 Å². The van der Waals surface area contributed by atoms with Gasteiger partial charge in [-0.2, -0.15) is 13.5 Å². The van der Waals surface area contributed by atoms with Crippen molar-refractivity contribution in [2.24, 2.45) is 0 Å². The molecule has 0 aliphatic rings. The van der Waals surface area contributed by atoms with Gasteiger partial charge in [0.05, 0.1) is 13.3 Å². The molecule has 20 heavy (non-hydrogen) atoms. The van der Waals surface area contributed by atoms with Crippen molar-refractivity contribution < 1.29 is 17.9 Å². The standard InChI is InChI=1S/C11H10BrN3O4S/c1-19-11(16)9-6-13-14-10(9)20(17,18)15-8-4-2-7(12)3-5-8/h2-6,15H,1H3,(H,13,14). The molecule has 0 spiro atoms. The van der Waals surface area contributed by atoms with Crippen LogP contribution in [0.4, 0.5) is 5.69 Å². The van der Waals surface area contributed by atoms with Crippen LogP contribution in [0.2, 0.25) is 0 Å². The Morgan fingerprint density at radius 2 is 2.00 bits per heavy atom. The van der Waals surface area contributed by atoms with Crippen LogP contribution in [0.1, 0.15) is 10.4 Å². The van der Waals surface area contributed by atoms with Crippen molar-refractivity contribution in [3.8, 4) is 0 Å². The first-order chi connectivity index (χ1) is 9.44. The Morgan fingerprint density at radius 3 is 2.60 bits per heavy atom. The van der Waals surface area contributed by atoms with Gasteiger partial charge in [0.1, 0.15) is 5.56 Å². The molecule has 1 aromatic heterocycles. The van der Waals surface area contributed by atoms with Gasteiger partial charge in [-0.3, -0.25) is 9.82 Å². The normalized spacial score (nSPS) is 11.1. The van der Waals surface area contributed by atoms with Gasteiger partial charge in [-0.1, -0.05) is 15.9 Å². The third-order valence-corrected chi connectivity index (χ3v) is 4.26. The Hall–Kier alpha value is -1.87. The first-order valence-electron chi connectivity index (χ1n) is 5.34. The number of esters is 1. The van der Waals surface area contributed by atoms with Crippen molar-refractivity contribution in [2.75, 3.05) is 11.8 Å². The van der Waals surface area contributed by atoms with Crippen LogP contribution in [0.25, 0.3) is 0 Å². The zero-order valence-corrected chi connectivity index (χ0v) is 12.7. The number of nitrogens with zero attached hydrogens (tertiary/aromatic N) is 1. The number of hydrogen-bond donors (Lipinski definition) is 2. The van der Waals surface area contributed by atoms with Crippen LogP contribution in [0, 0.1) is 0 Å². The highest BCUT2D eigenvalue weighted by Gasteiger charge is 2.25. The molecule has 0 aliphatic heterocycles. The number of H-pyrrole nitrogens is 1. The molecule has 1 heterocycles. The number of carbonyl (C=O) groups is 1. The Morgan fingerprint density at radius 1 is 1.35 bits per heavy atom. The number of nitrogens with one attached hydrogen (secondary N) is 2. The molecule has 7 nitrogen and oxygen atoms in total. The van der Waals surface area contributed by atoms with Gasteiger partial charge in [0, 0.05) is 10.2 Å². The predicted molar refractivity (Wildman–Crippen MR) is 74.9 cm³/mol. The van der Waals surface area contributed by atoms with E-state index in [0.717, 1.165) is 17.8 Å². The highest BCUT2D eigenvalue weighted by Crippen LogP contribution is 2.19. The second kappa shape index (κ2) is 5.63. The summed E-state index contributed by atoms with van der Waals surface area (Å²) < 4.78 is 32.0. The van der Waals surface area contributed by atoms with Gasteiger partial charge in [-0.15, -0.1) is 0 Å². The highest BCUT2D eigenvalue weighted by molar-refractivity contribution is 9.10. The van der Waals surface area contributed by atoms with Crippen molar-refractivity contribution in [3.63, 3.8) is 0 Å².